The van der Waals surface area contributed by atoms with E-state index < -0.39 is 18.7 Å². The first-order valence-electron chi connectivity index (χ1n) is 9.32. The molecule has 1 heterocycles. The fraction of sp³-hybridized carbons (Fsp3) is 0.476. The molecule has 144 valence electrons. The van der Waals surface area contributed by atoms with Crippen molar-refractivity contribution in [1.29, 1.82) is 5.26 Å². The van der Waals surface area contributed by atoms with E-state index in [9.17, 15) is 13.2 Å². The van der Waals surface area contributed by atoms with E-state index in [1.807, 2.05) is 25.3 Å². The van der Waals surface area contributed by atoms with Gasteiger partial charge in [-0.05, 0) is 55.7 Å². The Hall–Kier alpha value is -2.42. The first-order chi connectivity index (χ1) is 13.0. The third kappa shape index (κ3) is 4.65. The average molecular weight is 375 g/mol. The molecule has 3 rings (SSSR count). The summed E-state index contributed by atoms with van der Waals surface area (Å²) in [6.45, 7) is 2.60. The Kier molecular flexibility index (Phi) is 6.10. The number of nitrogens with zero attached hydrogens (tertiary/aromatic N) is 2. The van der Waals surface area contributed by atoms with Gasteiger partial charge in [-0.25, -0.2) is 13.2 Å². The Morgan fingerprint density at radius 3 is 2.67 bits per heavy atom. The monoisotopic (exact) mass is 375 g/mol. The summed E-state index contributed by atoms with van der Waals surface area (Å²) in [7, 11) is 0. The van der Waals surface area contributed by atoms with Crippen LogP contribution in [0.1, 0.15) is 37.3 Å². The zero-order valence-electron chi connectivity index (χ0n) is 15.4. The molecule has 0 saturated heterocycles. The van der Waals surface area contributed by atoms with Crippen LogP contribution in [0, 0.1) is 17.1 Å². The fourth-order valence-electron chi connectivity index (χ4n) is 3.56. The topological polar surface area (TPSA) is 39.1 Å². The lowest BCUT2D eigenvalue weighted by atomic mass is 9.89. The summed E-state index contributed by atoms with van der Waals surface area (Å²) >= 11 is 0. The largest absolute Gasteiger partial charge is 0.383 e. The predicted octanol–water partition coefficient (Wildman–Crippen LogP) is 4.49. The van der Waals surface area contributed by atoms with Crippen molar-refractivity contribution in [3.63, 3.8) is 0 Å². The lowest BCUT2D eigenvalue weighted by Gasteiger charge is -2.42. The number of hydrogen-bond acceptors (Lipinski definition) is 3. The number of alkyl halides is 2. The third-order valence-electron chi connectivity index (χ3n) is 5.21. The van der Waals surface area contributed by atoms with Gasteiger partial charge in [0.15, 0.2) is 0 Å². The number of hydrogen-bond donors (Lipinski definition) is 1. The summed E-state index contributed by atoms with van der Waals surface area (Å²) in [5.74, 6) is -0.572. The molecule has 1 N–H and O–H groups in total. The molecule has 1 aliphatic heterocycles. The molecule has 1 aliphatic carbocycles. The van der Waals surface area contributed by atoms with Crippen molar-refractivity contribution in [1.82, 2.24) is 5.32 Å². The molecule has 1 unspecified atom stereocenters. The summed E-state index contributed by atoms with van der Waals surface area (Å²) in [6, 6.07) is 5.09. The van der Waals surface area contributed by atoms with Crippen molar-refractivity contribution in [3.05, 3.63) is 53.0 Å². The van der Waals surface area contributed by atoms with Crippen molar-refractivity contribution in [2.45, 2.75) is 57.5 Å². The summed E-state index contributed by atoms with van der Waals surface area (Å²) in [4.78, 5) is 2.10. The number of anilines is 1. The van der Waals surface area contributed by atoms with Crippen LogP contribution >= 0.6 is 0 Å². The highest BCUT2D eigenvalue weighted by molar-refractivity contribution is 5.59. The number of nitriles is 1. The van der Waals surface area contributed by atoms with Gasteiger partial charge < -0.3 is 10.2 Å². The second-order valence-electron chi connectivity index (χ2n) is 7.26. The van der Waals surface area contributed by atoms with Crippen LogP contribution < -0.4 is 10.2 Å². The van der Waals surface area contributed by atoms with Crippen molar-refractivity contribution in [2.24, 2.45) is 0 Å². The molecule has 0 bridgehead atoms. The molecule has 2 aliphatic rings. The molecule has 0 amide bonds. The molecule has 27 heavy (non-hydrogen) atoms. The van der Waals surface area contributed by atoms with Crippen LogP contribution in [0.5, 0.6) is 0 Å². The normalized spacial score (nSPS) is 19.3. The molecule has 3 nitrogen and oxygen atoms in total. The quantitative estimate of drug-likeness (QED) is 0.763. The van der Waals surface area contributed by atoms with Gasteiger partial charge in [-0.15, -0.1) is 0 Å². The minimum absolute atomic E-state index is 0.0473. The maximum absolute atomic E-state index is 14.7. The minimum Gasteiger partial charge on any atom is -0.383 e. The molecule has 1 aromatic rings. The van der Waals surface area contributed by atoms with E-state index in [4.69, 9.17) is 5.26 Å². The highest BCUT2D eigenvalue weighted by atomic mass is 19.3. The zero-order chi connectivity index (χ0) is 19.4. The fourth-order valence-corrected chi connectivity index (χ4v) is 3.56. The Balaban J connectivity index is 1.95. The van der Waals surface area contributed by atoms with Gasteiger partial charge in [-0.1, -0.05) is 12.2 Å². The van der Waals surface area contributed by atoms with E-state index in [1.165, 1.54) is 0 Å². The summed E-state index contributed by atoms with van der Waals surface area (Å²) in [5, 5.41) is 12.5. The molecule has 0 radical (unpaired) electrons. The molecular formula is C21H24F3N3. The van der Waals surface area contributed by atoms with E-state index in [0.29, 0.717) is 17.8 Å². The molecule has 0 spiro atoms. The second kappa shape index (κ2) is 8.51. The van der Waals surface area contributed by atoms with Crippen LogP contribution in [0.2, 0.25) is 0 Å². The lowest BCUT2D eigenvalue weighted by molar-refractivity contribution is 0.149. The van der Waals surface area contributed by atoms with Crippen molar-refractivity contribution in [2.75, 3.05) is 11.4 Å². The molecular weight excluding hydrogens is 351 g/mol. The highest BCUT2D eigenvalue weighted by Gasteiger charge is 2.29. The maximum Gasteiger partial charge on any atom is 0.242 e. The average Bonchev–Trinajstić information content (AvgIpc) is 2.56. The van der Waals surface area contributed by atoms with E-state index in [0.717, 1.165) is 30.9 Å². The van der Waals surface area contributed by atoms with Gasteiger partial charge >= 0.3 is 0 Å². The summed E-state index contributed by atoms with van der Waals surface area (Å²) < 4.78 is 40.4. The van der Waals surface area contributed by atoms with E-state index in [1.54, 1.807) is 6.07 Å². The van der Waals surface area contributed by atoms with E-state index in [-0.39, 0.29) is 24.1 Å². The SMILES string of the molecule is CC1=CNC(CN(c2cc(CC(F)F)cc(F)c2CC#N)C2CCC2)C=C1. The van der Waals surface area contributed by atoms with Crippen LogP contribution in [0.4, 0.5) is 18.9 Å². The number of halogens is 3. The third-order valence-corrected chi connectivity index (χ3v) is 5.21. The summed E-state index contributed by atoms with van der Waals surface area (Å²) in [6.07, 6.45) is 6.00. The number of rotatable bonds is 7. The van der Waals surface area contributed by atoms with Gasteiger partial charge in [-0.2, -0.15) is 5.26 Å². The molecule has 1 saturated carbocycles. The number of nitrogens with one attached hydrogen (secondary N) is 1. The summed E-state index contributed by atoms with van der Waals surface area (Å²) in [5.41, 5.74) is 2.27. The van der Waals surface area contributed by atoms with Crippen LogP contribution in [-0.4, -0.2) is 25.1 Å². The van der Waals surface area contributed by atoms with Crippen molar-refractivity contribution in [3.8, 4) is 6.07 Å². The van der Waals surface area contributed by atoms with Gasteiger partial charge in [0.25, 0.3) is 0 Å². The molecule has 0 aromatic heterocycles. The van der Waals surface area contributed by atoms with Gasteiger partial charge in [0.2, 0.25) is 6.43 Å². The Bertz CT molecular complexity index is 776. The van der Waals surface area contributed by atoms with Gasteiger partial charge in [0, 0.05) is 30.3 Å². The van der Waals surface area contributed by atoms with E-state index in [2.05, 4.69) is 16.3 Å². The minimum atomic E-state index is -2.53. The van der Waals surface area contributed by atoms with Gasteiger partial charge in [-0.3, -0.25) is 0 Å². The highest BCUT2D eigenvalue weighted by Crippen LogP contribution is 2.34. The maximum atomic E-state index is 14.7. The van der Waals surface area contributed by atoms with Crippen LogP contribution in [0.25, 0.3) is 0 Å². The van der Waals surface area contributed by atoms with Gasteiger partial charge in [0.05, 0.1) is 18.5 Å². The van der Waals surface area contributed by atoms with E-state index >= 15 is 0 Å². The first kappa shape index (κ1) is 19.3. The molecule has 6 heteroatoms. The Labute approximate surface area is 158 Å². The van der Waals surface area contributed by atoms with Crippen LogP contribution in [0.15, 0.2) is 36.1 Å². The molecule has 1 aromatic carbocycles. The Morgan fingerprint density at radius 1 is 1.33 bits per heavy atom. The van der Waals surface area contributed by atoms with Gasteiger partial charge in [0.1, 0.15) is 5.82 Å². The van der Waals surface area contributed by atoms with Crippen molar-refractivity contribution >= 4 is 5.69 Å². The molecule has 1 fully saturated rings. The van der Waals surface area contributed by atoms with Crippen molar-refractivity contribution < 1.29 is 13.2 Å². The Morgan fingerprint density at radius 2 is 2.11 bits per heavy atom. The number of allylic oxidation sites excluding steroid dienone is 2. The lowest BCUT2D eigenvalue weighted by Crippen LogP contribution is -2.47. The second-order valence-corrected chi connectivity index (χ2v) is 7.26. The number of benzene rings is 1. The predicted molar refractivity (Wildman–Crippen MR) is 100 cm³/mol. The zero-order valence-corrected chi connectivity index (χ0v) is 15.4. The standard InChI is InChI=1S/C21H24F3N3/c1-14-5-6-16(26-12-14)13-27(17-3-2-4-17)20-10-15(11-21(23)24)9-19(22)18(20)7-8-25/h5-6,9-10,12,16-17,21,26H,2-4,7,11,13H2,1H3. The first-order valence-corrected chi connectivity index (χ1v) is 9.32. The number of dihydropyridines is 1. The smallest absolute Gasteiger partial charge is 0.242 e. The van der Waals surface area contributed by atoms with Crippen LogP contribution in [0.3, 0.4) is 0 Å². The van der Waals surface area contributed by atoms with Crippen LogP contribution in [-0.2, 0) is 12.8 Å². The molecule has 1 atom stereocenters.